The summed E-state index contributed by atoms with van der Waals surface area (Å²) >= 11 is 0. The fourth-order valence-electron chi connectivity index (χ4n) is 3.44. The maximum atomic E-state index is 13.8. The van der Waals surface area contributed by atoms with Gasteiger partial charge < -0.3 is 10.6 Å². The highest BCUT2D eigenvalue weighted by Gasteiger charge is 2.18. The van der Waals surface area contributed by atoms with E-state index in [0.717, 1.165) is 35.4 Å². The first-order valence-corrected chi connectivity index (χ1v) is 9.50. The lowest BCUT2D eigenvalue weighted by Crippen LogP contribution is -2.42. The number of halogens is 1. The van der Waals surface area contributed by atoms with Crippen LogP contribution in [0.3, 0.4) is 0 Å². The van der Waals surface area contributed by atoms with Crippen molar-refractivity contribution in [3.05, 3.63) is 71.7 Å². The molecule has 140 valence electrons. The molecule has 0 amide bonds. The average Bonchev–Trinajstić information content (AvgIpc) is 2.70. The number of rotatable bonds is 6. The Balaban J connectivity index is 1.63. The molecule has 3 rings (SSSR count). The molecule has 0 aromatic heterocycles. The molecule has 0 radical (unpaired) electrons. The summed E-state index contributed by atoms with van der Waals surface area (Å²) in [5.74, 6) is -0.194. The zero-order chi connectivity index (χ0) is 19.2. The van der Waals surface area contributed by atoms with Crippen LogP contribution in [0.5, 0.6) is 0 Å². The molecule has 1 heterocycles. The normalized spacial score (nSPS) is 17.7. The van der Waals surface area contributed by atoms with Gasteiger partial charge in [0.05, 0.1) is 6.07 Å². The van der Waals surface area contributed by atoms with Crippen molar-refractivity contribution in [2.45, 2.75) is 44.7 Å². The Morgan fingerprint density at radius 1 is 1.26 bits per heavy atom. The van der Waals surface area contributed by atoms with Gasteiger partial charge in [0.25, 0.3) is 0 Å². The number of nitrogens with one attached hydrogen (secondary N) is 2. The summed E-state index contributed by atoms with van der Waals surface area (Å²) < 4.78 is 13.8. The van der Waals surface area contributed by atoms with Crippen LogP contribution in [0.2, 0.25) is 0 Å². The monoisotopic (exact) mass is 363 g/mol. The third kappa shape index (κ3) is 4.96. The summed E-state index contributed by atoms with van der Waals surface area (Å²) in [4.78, 5) is 0. The zero-order valence-electron chi connectivity index (χ0n) is 15.8. The second-order valence-corrected chi connectivity index (χ2v) is 7.22. The van der Waals surface area contributed by atoms with E-state index < -0.39 is 0 Å². The molecule has 3 nitrogen and oxygen atoms in total. The fourth-order valence-corrected chi connectivity index (χ4v) is 3.44. The van der Waals surface area contributed by atoms with E-state index in [4.69, 9.17) is 0 Å². The topological polar surface area (TPSA) is 47.9 Å². The summed E-state index contributed by atoms with van der Waals surface area (Å²) in [6.07, 6.45) is 4.05. The van der Waals surface area contributed by atoms with Gasteiger partial charge in [-0.15, -0.1) is 0 Å². The van der Waals surface area contributed by atoms with E-state index in [9.17, 15) is 9.65 Å². The number of piperidine rings is 1. The first-order chi connectivity index (χ1) is 13.1. The van der Waals surface area contributed by atoms with Crippen LogP contribution >= 0.6 is 0 Å². The van der Waals surface area contributed by atoms with Crippen molar-refractivity contribution in [2.75, 3.05) is 6.54 Å². The largest absolute Gasteiger partial charge is 0.372 e. The molecule has 4 heteroatoms. The van der Waals surface area contributed by atoms with Crippen LogP contribution in [0.15, 0.2) is 54.7 Å². The molecular weight excluding hydrogens is 337 g/mol. The van der Waals surface area contributed by atoms with Crippen LogP contribution in [-0.4, -0.2) is 18.6 Å². The van der Waals surface area contributed by atoms with Gasteiger partial charge in [0.1, 0.15) is 11.9 Å². The van der Waals surface area contributed by atoms with Crippen molar-refractivity contribution in [3.63, 3.8) is 0 Å². The summed E-state index contributed by atoms with van der Waals surface area (Å²) in [6, 6.07) is 15.5. The summed E-state index contributed by atoms with van der Waals surface area (Å²) in [7, 11) is 0. The van der Waals surface area contributed by atoms with Gasteiger partial charge in [-0.05, 0) is 54.6 Å². The van der Waals surface area contributed by atoms with Crippen molar-refractivity contribution in [1.82, 2.24) is 10.6 Å². The van der Waals surface area contributed by atoms with E-state index in [-0.39, 0.29) is 17.9 Å². The van der Waals surface area contributed by atoms with Gasteiger partial charge >= 0.3 is 0 Å². The number of hydrogen-bond acceptors (Lipinski definition) is 3. The predicted octanol–water partition coefficient (Wildman–Crippen LogP) is 4.48. The molecule has 0 aliphatic carbocycles. The molecule has 27 heavy (non-hydrogen) atoms. The molecular formula is C23H26FN3. The number of benzene rings is 2. The molecule has 1 saturated heterocycles. The maximum Gasteiger partial charge on any atom is 0.126 e. The number of nitrogens with zero attached hydrogens (tertiary/aromatic N) is 1. The Hall–Kier alpha value is -2.64. The summed E-state index contributed by atoms with van der Waals surface area (Å²) in [5, 5.41) is 16.2. The lowest BCUT2D eigenvalue weighted by molar-refractivity contribution is 0.419. The third-order valence-corrected chi connectivity index (χ3v) is 5.15. The zero-order valence-corrected chi connectivity index (χ0v) is 15.8. The van der Waals surface area contributed by atoms with Crippen LogP contribution < -0.4 is 10.6 Å². The number of aryl methyl sites for hydroxylation is 1. The summed E-state index contributed by atoms with van der Waals surface area (Å²) in [5.41, 5.74) is 4.43. The Morgan fingerprint density at radius 2 is 2.00 bits per heavy atom. The lowest BCUT2D eigenvalue weighted by Gasteiger charge is -2.27. The molecule has 1 aliphatic rings. The molecule has 0 spiro atoms. The van der Waals surface area contributed by atoms with E-state index >= 15 is 0 Å². The average molecular weight is 363 g/mol. The first kappa shape index (κ1) is 19.1. The van der Waals surface area contributed by atoms with Gasteiger partial charge in [0, 0.05) is 18.2 Å². The molecule has 1 fully saturated rings. The van der Waals surface area contributed by atoms with Crippen molar-refractivity contribution in [3.8, 4) is 17.2 Å². The van der Waals surface area contributed by atoms with Crippen molar-refractivity contribution < 1.29 is 4.39 Å². The quantitative estimate of drug-likeness (QED) is 0.795. The van der Waals surface area contributed by atoms with E-state index in [1.807, 2.05) is 30.3 Å². The van der Waals surface area contributed by atoms with Gasteiger partial charge in [-0.3, -0.25) is 0 Å². The van der Waals surface area contributed by atoms with Crippen LogP contribution in [0, 0.1) is 24.1 Å². The van der Waals surface area contributed by atoms with E-state index in [2.05, 4.69) is 23.3 Å². The van der Waals surface area contributed by atoms with Gasteiger partial charge in [0.15, 0.2) is 0 Å². The van der Waals surface area contributed by atoms with Crippen LogP contribution in [0.1, 0.15) is 30.4 Å². The molecule has 0 bridgehead atoms. The molecule has 2 aromatic rings. The second kappa shape index (κ2) is 8.83. The first-order valence-electron chi connectivity index (χ1n) is 9.50. The van der Waals surface area contributed by atoms with E-state index in [0.29, 0.717) is 12.0 Å². The standard InChI is InChI=1S/C23H26FN3/c1-16-6-9-20(14-22(16)24)19-10-7-18(8-11-19)13-21(15-25)27-17(2)23-5-3-4-12-26-23/h6-11,14,21,23,26-27H,2-5,12-13H2,1H3. The minimum atomic E-state index is -0.316. The number of hydrogen-bond donors (Lipinski definition) is 2. The fraction of sp³-hybridized carbons (Fsp3) is 0.348. The van der Waals surface area contributed by atoms with Gasteiger partial charge in [-0.2, -0.15) is 5.26 Å². The molecule has 2 atom stereocenters. The van der Waals surface area contributed by atoms with Gasteiger partial charge in [-0.25, -0.2) is 4.39 Å². The minimum absolute atomic E-state index is 0.194. The van der Waals surface area contributed by atoms with Crippen molar-refractivity contribution >= 4 is 0 Å². The highest BCUT2D eigenvalue weighted by molar-refractivity contribution is 5.64. The highest BCUT2D eigenvalue weighted by Crippen LogP contribution is 2.22. The van der Waals surface area contributed by atoms with Crippen LogP contribution in [0.4, 0.5) is 4.39 Å². The van der Waals surface area contributed by atoms with Crippen molar-refractivity contribution in [2.24, 2.45) is 0 Å². The Labute approximate surface area is 160 Å². The Bertz CT molecular complexity index is 830. The van der Waals surface area contributed by atoms with E-state index in [1.54, 1.807) is 19.1 Å². The smallest absolute Gasteiger partial charge is 0.126 e. The predicted molar refractivity (Wildman–Crippen MR) is 108 cm³/mol. The SMILES string of the molecule is C=C(NC(C#N)Cc1ccc(-c2ccc(C)c(F)c2)cc1)C1CCCCN1. The van der Waals surface area contributed by atoms with E-state index in [1.165, 1.54) is 12.8 Å². The molecule has 2 N–H and O–H groups in total. The Kier molecular flexibility index (Phi) is 6.26. The molecule has 2 aromatic carbocycles. The summed E-state index contributed by atoms with van der Waals surface area (Å²) in [6.45, 7) is 6.88. The maximum absolute atomic E-state index is 13.8. The minimum Gasteiger partial charge on any atom is -0.372 e. The second-order valence-electron chi connectivity index (χ2n) is 7.22. The molecule has 0 saturated carbocycles. The van der Waals surface area contributed by atoms with Crippen LogP contribution in [-0.2, 0) is 6.42 Å². The van der Waals surface area contributed by atoms with Gasteiger partial charge in [0.2, 0.25) is 0 Å². The third-order valence-electron chi connectivity index (χ3n) is 5.15. The van der Waals surface area contributed by atoms with Gasteiger partial charge in [-0.1, -0.05) is 49.4 Å². The Morgan fingerprint density at radius 3 is 2.63 bits per heavy atom. The molecule has 1 aliphatic heterocycles. The van der Waals surface area contributed by atoms with Crippen LogP contribution in [0.25, 0.3) is 11.1 Å². The molecule has 2 unspecified atom stereocenters. The number of nitriles is 1. The highest BCUT2D eigenvalue weighted by atomic mass is 19.1. The lowest BCUT2D eigenvalue weighted by atomic mass is 9.99. The van der Waals surface area contributed by atoms with Crippen molar-refractivity contribution in [1.29, 1.82) is 5.26 Å².